The molecule has 6 nitrogen and oxygen atoms in total. The second kappa shape index (κ2) is 7.44. The zero-order chi connectivity index (χ0) is 18.0. The van der Waals surface area contributed by atoms with Crippen LogP contribution in [0, 0.1) is 0 Å². The Morgan fingerprint density at radius 3 is 2.72 bits per heavy atom. The van der Waals surface area contributed by atoms with Crippen LogP contribution in [0.25, 0.3) is 11.0 Å². The number of carbonyl (C=O) groups excluding carboxylic acids is 1. The van der Waals surface area contributed by atoms with Gasteiger partial charge in [-0.2, -0.15) is 0 Å². The number of H-pyrrole nitrogens is 1. The number of nitrogens with zero attached hydrogens (tertiary/aromatic N) is 2. The number of piperidine rings is 1. The van der Waals surface area contributed by atoms with E-state index in [1.165, 1.54) is 13.0 Å². The normalized spacial score (nSPS) is 16.6. The number of carbonyl (C=O) groups is 1. The van der Waals surface area contributed by atoms with Crippen molar-refractivity contribution in [1.29, 1.82) is 0 Å². The molecule has 1 aliphatic rings. The Morgan fingerprint density at radius 1 is 1.40 bits per heavy atom. The smallest absolute Gasteiger partial charge is 0.408 e. The molecule has 1 aromatic carbocycles. The highest BCUT2D eigenvalue weighted by molar-refractivity contribution is 5.86. The summed E-state index contributed by atoms with van der Waals surface area (Å²) in [6.07, 6.45) is 2.60. The lowest BCUT2D eigenvalue weighted by atomic mass is 9.96. The maximum absolute atomic E-state index is 11.3. The summed E-state index contributed by atoms with van der Waals surface area (Å²) >= 11 is 0. The molecule has 3 rings (SSSR count). The van der Waals surface area contributed by atoms with Gasteiger partial charge in [0.1, 0.15) is 11.3 Å². The number of likely N-dealkylation sites (tertiary alicyclic amines) is 1. The number of aromatic nitrogens is 2. The summed E-state index contributed by atoms with van der Waals surface area (Å²) in [6.45, 7) is 9.73. The summed E-state index contributed by atoms with van der Waals surface area (Å²) in [5.41, 5.74) is 7.82. The van der Waals surface area contributed by atoms with Crippen LogP contribution in [0.3, 0.4) is 0 Å². The van der Waals surface area contributed by atoms with Gasteiger partial charge in [-0.15, -0.1) is 0 Å². The Bertz CT molecular complexity index is 745. The lowest BCUT2D eigenvalue weighted by Gasteiger charge is -2.30. The van der Waals surface area contributed by atoms with Gasteiger partial charge in [0, 0.05) is 5.92 Å². The Hall–Kier alpha value is -2.08. The van der Waals surface area contributed by atoms with E-state index in [0.29, 0.717) is 17.2 Å². The first-order valence-corrected chi connectivity index (χ1v) is 9.21. The number of aromatic amines is 1. The Morgan fingerprint density at radius 2 is 2.12 bits per heavy atom. The minimum absolute atomic E-state index is 0.219. The van der Waals surface area contributed by atoms with Crippen molar-refractivity contribution in [3.8, 4) is 5.75 Å². The van der Waals surface area contributed by atoms with Crippen molar-refractivity contribution in [1.82, 2.24) is 14.9 Å². The van der Waals surface area contributed by atoms with Gasteiger partial charge in [0.05, 0.1) is 5.52 Å². The third-order valence-electron chi connectivity index (χ3n) is 5.00. The molecule has 0 unspecified atom stereocenters. The van der Waals surface area contributed by atoms with Crippen molar-refractivity contribution in [2.24, 2.45) is 5.73 Å². The van der Waals surface area contributed by atoms with E-state index in [9.17, 15) is 4.79 Å². The largest absolute Gasteiger partial charge is 0.410 e. The zero-order valence-corrected chi connectivity index (χ0v) is 15.3. The van der Waals surface area contributed by atoms with Crippen LogP contribution in [0.4, 0.5) is 4.79 Å². The molecule has 0 spiro atoms. The minimum atomic E-state index is -0.799. The predicted octanol–water partition coefficient (Wildman–Crippen LogP) is 3.73. The summed E-state index contributed by atoms with van der Waals surface area (Å²) in [6, 6.07) is 4.00. The van der Waals surface area contributed by atoms with Gasteiger partial charge in [-0.05, 0) is 56.4 Å². The molecule has 1 fully saturated rings. The van der Waals surface area contributed by atoms with Gasteiger partial charge in [-0.25, -0.2) is 9.78 Å². The molecule has 0 aliphatic carbocycles. The topological polar surface area (TPSA) is 84.2 Å². The highest BCUT2D eigenvalue weighted by Crippen LogP contribution is 2.35. The van der Waals surface area contributed by atoms with Crippen LogP contribution < -0.4 is 10.5 Å². The molecule has 1 amide bonds. The first kappa shape index (κ1) is 17.7. The highest BCUT2D eigenvalue weighted by Gasteiger charge is 2.24. The molecular weight excluding hydrogens is 316 g/mol. The van der Waals surface area contributed by atoms with E-state index in [1.54, 1.807) is 0 Å². The summed E-state index contributed by atoms with van der Waals surface area (Å²) in [5.74, 6) is 2.12. The van der Waals surface area contributed by atoms with E-state index in [2.05, 4.69) is 30.7 Å². The number of benzene rings is 1. The van der Waals surface area contributed by atoms with Crippen molar-refractivity contribution in [2.75, 3.05) is 19.6 Å². The highest BCUT2D eigenvalue weighted by atomic mass is 16.5. The second-order valence-electron chi connectivity index (χ2n) is 7.19. The summed E-state index contributed by atoms with van der Waals surface area (Å²) in [5, 5.41) is 0. The number of ether oxygens (including phenoxy) is 1. The predicted molar refractivity (Wildman–Crippen MR) is 99.1 cm³/mol. The van der Waals surface area contributed by atoms with Crippen LogP contribution in [0.5, 0.6) is 5.75 Å². The van der Waals surface area contributed by atoms with Gasteiger partial charge in [-0.3, -0.25) is 0 Å². The van der Waals surface area contributed by atoms with Crippen LogP contribution in [0.2, 0.25) is 0 Å². The maximum atomic E-state index is 11.3. The number of primary amides is 1. The van der Waals surface area contributed by atoms with Gasteiger partial charge in [0.2, 0.25) is 0 Å². The fraction of sp³-hybridized carbons (Fsp3) is 0.579. The van der Waals surface area contributed by atoms with Crippen molar-refractivity contribution in [3.05, 3.63) is 23.5 Å². The van der Waals surface area contributed by atoms with Gasteiger partial charge in [0.25, 0.3) is 0 Å². The molecule has 3 N–H and O–H groups in total. The Labute approximate surface area is 148 Å². The average molecular weight is 344 g/mol. The van der Waals surface area contributed by atoms with E-state index in [1.807, 2.05) is 12.1 Å². The van der Waals surface area contributed by atoms with Gasteiger partial charge in [0.15, 0.2) is 5.75 Å². The number of amides is 1. The Balaban J connectivity index is 1.90. The standard InChI is InChI=1S/C19H28N4O2/c1-4-9-23-10-7-13(8-11-23)18-21-15-6-5-14(12(2)3)17(16(15)22-18)25-19(20)24/h5-6,12-13H,4,7-11H2,1-3H3,(H2,20,24)(H,21,22). The number of fused-ring (bicyclic) bond motifs is 1. The molecule has 1 aliphatic heterocycles. The van der Waals surface area contributed by atoms with E-state index in [0.717, 1.165) is 42.8 Å². The van der Waals surface area contributed by atoms with E-state index >= 15 is 0 Å². The molecule has 0 bridgehead atoms. The molecule has 2 aromatic rings. The molecule has 1 aromatic heterocycles. The minimum Gasteiger partial charge on any atom is -0.408 e. The number of hydrogen-bond donors (Lipinski definition) is 2. The maximum Gasteiger partial charge on any atom is 0.410 e. The number of nitrogens with one attached hydrogen (secondary N) is 1. The first-order chi connectivity index (χ1) is 12.0. The third-order valence-corrected chi connectivity index (χ3v) is 5.00. The summed E-state index contributed by atoms with van der Waals surface area (Å²) < 4.78 is 5.32. The molecule has 25 heavy (non-hydrogen) atoms. The molecule has 0 atom stereocenters. The van der Waals surface area contributed by atoms with Gasteiger partial charge >= 0.3 is 6.09 Å². The van der Waals surface area contributed by atoms with Crippen molar-refractivity contribution < 1.29 is 9.53 Å². The van der Waals surface area contributed by atoms with E-state index < -0.39 is 6.09 Å². The van der Waals surface area contributed by atoms with Crippen LogP contribution >= 0.6 is 0 Å². The molecule has 1 saturated heterocycles. The van der Waals surface area contributed by atoms with Crippen LogP contribution in [-0.2, 0) is 0 Å². The molecule has 136 valence electrons. The zero-order valence-electron chi connectivity index (χ0n) is 15.3. The van der Waals surface area contributed by atoms with Crippen molar-refractivity contribution in [3.63, 3.8) is 0 Å². The fourth-order valence-corrected chi connectivity index (χ4v) is 3.69. The number of hydrogen-bond acceptors (Lipinski definition) is 4. The molecule has 6 heteroatoms. The summed E-state index contributed by atoms with van der Waals surface area (Å²) in [4.78, 5) is 22.1. The quantitative estimate of drug-likeness (QED) is 0.865. The van der Waals surface area contributed by atoms with Crippen LogP contribution in [-0.4, -0.2) is 40.6 Å². The second-order valence-corrected chi connectivity index (χ2v) is 7.19. The lowest BCUT2D eigenvalue weighted by molar-refractivity contribution is 0.210. The third kappa shape index (κ3) is 3.79. The van der Waals surface area contributed by atoms with E-state index in [4.69, 9.17) is 15.5 Å². The molecule has 2 heterocycles. The summed E-state index contributed by atoms with van der Waals surface area (Å²) in [7, 11) is 0. The molecular formula is C19H28N4O2. The monoisotopic (exact) mass is 344 g/mol. The van der Waals surface area contributed by atoms with Crippen LogP contribution in [0.1, 0.15) is 63.3 Å². The van der Waals surface area contributed by atoms with Gasteiger partial charge in [-0.1, -0.05) is 26.8 Å². The van der Waals surface area contributed by atoms with E-state index in [-0.39, 0.29) is 5.92 Å². The number of rotatable bonds is 5. The molecule has 0 saturated carbocycles. The van der Waals surface area contributed by atoms with Gasteiger partial charge < -0.3 is 20.4 Å². The number of imidazole rings is 1. The fourth-order valence-electron chi connectivity index (χ4n) is 3.69. The lowest BCUT2D eigenvalue weighted by Crippen LogP contribution is -2.33. The molecule has 0 radical (unpaired) electrons. The first-order valence-electron chi connectivity index (χ1n) is 9.21. The van der Waals surface area contributed by atoms with Crippen molar-refractivity contribution >= 4 is 17.1 Å². The van der Waals surface area contributed by atoms with Crippen LogP contribution in [0.15, 0.2) is 12.1 Å². The average Bonchev–Trinajstić information content (AvgIpc) is 3.00. The number of nitrogens with two attached hydrogens (primary N) is 1. The SMILES string of the molecule is CCCN1CCC(c2nc3c(OC(N)=O)c(C(C)C)ccc3[nH]2)CC1. The van der Waals surface area contributed by atoms with Crippen molar-refractivity contribution in [2.45, 2.75) is 51.9 Å². The Kier molecular flexibility index (Phi) is 5.27.